The summed E-state index contributed by atoms with van der Waals surface area (Å²) in [6.07, 6.45) is 0.196. The molecular formula is C15H23FN2O. The van der Waals surface area contributed by atoms with Gasteiger partial charge in [-0.3, -0.25) is 4.90 Å². The highest BCUT2D eigenvalue weighted by molar-refractivity contribution is 5.46. The van der Waals surface area contributed by atoms with Gasteiger partial charge in [-0.1, -0.05) is 0 Å². The fourth-order valence-electron chi connectivity index (χ4n) is 2.32. The summed E-state index contributed by atoms with van der Waals surface area (Å²) in [6.45, 7) is 9.69. The molecule has 0 bridgehead atoms. The molecule has 0 spiro atoms. The summed E-state index contributed by atoms with van der Waals surface area (Å²) in [4.78, 5) is 2.42. The van der Waals surface area contributed by atoms with Gasteiger partial charge in [0.2, 0.25) is 0 Å². The largest absolute Gasteiger partial charge is 0.382 e. The van der Waals surface area contributed by atoms with E-state index in [1.807, 2.05) is 6.07 Å². The van der Waals surface area contributed by atoms with Gasteiger partial charge in [0.25, 0.3) is 0 Å². The minimum absolute atomic E-state index is 0.162. The maximum absolute atomic E-state index is 13.2. The van der Waals surface area contributed by atoms with Gasteiger partial charge in [0.1, 0.15) is 5.82 Å². The molecule has 3 nitrogen and oxygen atoms in total. The number of hydrogen-bond acceptors (Lipinski definition) is 3. The van der Waals surface area contributed by atoms with Crippen LogP contribution in [0.25, 0.3) is 0 Å². The normalized spacial score (nSPS) is 20.8. The van der Waals surface area contributed by atoms with Gasteiger partial charge >= 0.3 is 0 Å². The van der Waals surface area contributed by atoms with E-state index in [2.05, 4.69) is 24.1 Å². The average molecular weight is 266 g/mol. The van der Waals surface area contributed by atoms with Gasteiger partial charge in [-0.2, -0.15) is 0 Å². The minimum atomic E-state index is -0.162. The van der Waals surface area contributed by atoms with E-state index in [1.165, 1.54) is 6.07 Å². The molecule has 1 saturated heterocycles. The van der Waals surface area contributed by atoms with Crippen LogP contribution in [0.1, 0.15) is 19.4 Å². The molecule has 0 radical (unpaired) electrons. The molecule has 1 fully saturated rings. The fourth-order valence-corrected chi connectivity index (χ4v) is 2.32. The molecule has 0 saturated carbocycles. The van der Waals surface area contributed by atoms with Crippen molar-refractivity contribution in [1.82, 2.24) is 4.90 Å². The third-order valence-electron chi connectivity index (χ3n) is 3.59. The summed E-state index contributed by atoms with van der Waals surface area (Å²) in [5, 5.41) is 3.32. The van der Waals surface area contributed by atoms with Crippen LogP contribution in [-0.4, -0.2) is 43.3 Å². The third-order valence-corrected chi connectivity index (χ3v) is 3.59. The number of hydrogen-bond donors (Lipinski definition) is 1. The molecule has 19 heavy (non-hydrogen) atoms. The summed E-state index contributed by atoms with van der Waals surface area (Å²) < 4.78 is 18.9. The Morgan fingerprint density at radius 2 is 2.26 bits per heavy atom. The van der Waals surface area contributed by atoms with Crippen molar-refractivity contribution in [3.05, 3.63) is 29.6 Å². The summed E-state index contributed by atoms with van der Waals surface area (Å²) in [7, 11) is 0. The second-order valence-corrected chi connectivity index (χ2v) is 5.43. The molecule has 2 rings (SSSR count). The number of nitrogens with zero attached hydrogens (tertiary/aromatic N) is 1. The first-order valence-electron chi connectivity index (χ1n) is 6.92. The van der Waals surface area contributed by atoms with Gasteiger partial charge in [-0.25, -0.2) is 4.39 Å². The maximum Gasteiger partial charge on any atom is 0.126 e. The van der Waals surface area contributed by atoms with Crippen LogP contribution in [-0.2, 0) is 4.74 Å². The van der Waals surface area contributed by atoms with Crippen molar-refractivity contribution in [3.8, 4) is 0 Å². The quantitative estimate of drug-likeness (QED) is 0.906. The Balaban J connectivity index is 1.86. The topological polar surface area (TPSA) is 24.5 Å². The Bertz CT molecular complexity index is 423. The zero-order chi connectivity index (χ0) is 13.8. The number of anilines is 1. The minimum Gasteiger partial charge on any atom is -0.382 e. The summed E-state index contributed by atoms with van der Waals surface area (Å²) in [6, 6.07) is 5.66. The van der Waals surface area contributed by atoms with E-state index in [9.17, 15) is 4.39 Å². The first-order chi connectivity index (χ1) is 9.06. The van der Waals surface area contributed by atoms with Crippen LogP contribution in [0, 0.1) is 12.7 Å². The van der Waals surface area contributed by atoms with E-state index in [-0.39, 0.29) is 11.9 Å². The first kappa shape index (κ1) is 14.3. The SMILES string of the molecule is Cc1cc(NCC2CN(C(C)C)CCO2)ccc1F. The van der Waals surface area contributed by atoms with Crippen molar-refractivity contribution >= 4 is 5.69 Å². The maximum atomic E-state index is 13.2. The number of benzene rings is 1. The Labute approximate surface area is 114 Å². The molecule has 4 heteroatoms. The fraction of sp³-hybridized carbons (Fsp3) is 0.600. The molecule has 1 N–H and O–H groups in total. The second kappa shape index (κ2) is 6.35. The van der Waals surface area contributed by atoms with Crippen molar-refractivity contribution in [2.24, 2.45) is 0 Å². The van der Waals surface area contributed by atoms with Crippen LogP contribution in [0.2, 0.25) is 0 Å². The van der Waals surface area contributed by atoms with Crippen LogP contribution in [0.4, 0.5) is 10.1 Å². The second-order valence-electron chi connectivity index (χ2n) is 5.43. The lowest BCUT2D eigenvalue weighted by Gasteiger charge is -2.35. The molecule has 1 aromatic rings. The van der Waals surface area contributed by atoms with Gasteiger partial charge in [0.05, 0.1) is 12.7 Å². The van der Waals surface area contributed by atoms with Crippen LogP contribution < -0.4 is 5.32 Å². The highest BCUT2D eigenvalue weighted by Gasteiger charge is 2.21. The molecule has 106 valence electrons. The molecule has 1 aromatic carbocycles. The summed E-state index contributed by atoms with van der Waals surface area (Å²) in [5.74, 6) is -0.162. The van der Waals surface area contributed by atoms with Crippen molar-refractivity contribution in [2.45, 2.75) is 32.9 Å². The summed E-state index contributed by atoms with van der Waals surface area (Å²) in [5.41, 5.74) is 1.61. The lowest BCUT2D eigenvalue weighted by Crippen LogP contribution is -2.48. The standard InChI is InChI=1S/C15H23FN2O/c1-11(2)18-6-7-19-14(10-18)9-17-13-4-5-15(16)12(3)8-13/h4-5,8,11,14,17H,6-7,9-10H2,1-3H3. The van der Waals surface area contributed by atoms with Gasteiger partial charge < -0.3 is 10.1 Å². The number of morpholine rings is 1. The predicted octanol–water partition coefficient (Wildman–Crippen LogP) is 2.66. The smallest absolute Gasteiger partial charge is 0.126 e. The zero-order valence-electron chi connectivity index (χ0n) is 11.9. The van der Waals surface area contributed by atoms with E-state index in [1.54, 1.807) is 13.0 Å². The number of rotatable bonds is 4. The van der Waals surface area contributed by atoms with Crippen LogP contribution in [0.5, 0.6) is 0 Å². The van der Waals surface area contributed by atoms with Gasteiger partial charge in [0.15, 0.2) is 0 Å². The van der Waals surface area contributed by atoms with Gasteiger partial charge in [0, 0.05) is 31.4 Å². The lowest BCUT2D eigenvalue weighted by atomic mass is 10.2. The van der Waals surface area contributed by atoms with Gasteiger partial charge in [-0.05, 0) is 44.5 Å². The number of nitrogens with one attached hydrogen (secondary N) is 1. The van der Waals surface area contributed by atoms with Gasteiger partial charge in [-0.15, -0.1) is 0 Å². The third kappa shape index (κ3) is 3.91. The van der Waals surface area contributed by atoms with E-state index in [4.69, 9.17) is 4.74 Å². The molecule has 1 atom stereocenters. The highest BCUT2D eigenvalue weighted by Crippen LogP contribution is 2.15. The summed E-state index contributed by atoms with van der Waals surface area (Å²) >= 11 is 0. The molecule has 1 heterocycles. The average Bonchev–Trinajstić information content (AvgIpc) is 2.40. The Kier molecular flexibility index (Phi) is 4.77. The Morgan fingerprint density at radius 3 is 2.95 bits per heavy atom. The number of ether oxygens (including phenoxy) is 1. The lowest BCUT2D eigenvalue weighted by molar-refractivity contribution is -0.0315. The van der Waals surface area contributed by atoms with E-state index in [0.29, 0.717) is 11.6 Å². The Hall–Kier alpha value is -1.13. The molecule has 0 aliphatic carbocycles. The number of aryl methyl sites for hydroxylation is 1. The van der Waals surface area contributed by atoms with Crippen molar-refractivity contribution < 1.29 is 9.13 Å². The highest BCUT2D eigenvalue weighted by atomic mass is 19.1. The van der Waals surface area contributed by atoms with Crippen LogP contribution in [0.3, 0.4) is 0 Å². The first-order valence-corrected chi connectivity index (χ1v) is 6.92. The monoisotopic (exact) mass is 266 g/mol. The van der Waals surface area contributed by atoms with Crippen molar-refractivity contribution in [1.29, 1.82) is 0 Å². The molecule has 0 aromatic heterocycles. The molecule has 1 aliphatic heterocycles. The zero-order valence-corrected chi connectivity index (χ0v) is 11.9. The molecule has 1 aliphatic rings. The van der Waals surface area contributed by atoms with E-state index >= 15 is 0 Å². The number of halogens is 1. The van der Waals surface area contributed by atoms with Crippen molar-refractivity contribution in [2.75, 3.05) is 31.6 Å². The van der Waals surface area contributed by atoms with Crippen molar-refractivity contribution in [3.63, 3.8) is 0 Å². The Morgan fingerprint density at radius 1 is 1.47 bits per heavy atom. The molecule has 1 unspecified atom stereocenters. The van der Waals surface area contributed by atoms with Crippen LogP contribution in [0.15, 0.2) is 18.2 Å². The predicted molar refractivity (Wildman–Crippen MR) is 76.1 cm³/mol. The molecular weight excluding hydrogens is 243 g/mol. The van der Waals surface area contributed by atoms with E-state index < -0.39 is 0 Å². The molecule has 0 amide bonds. The van der Waals surface area contributed by atoms with Crippen LogP contribution >= 0.6 is 0 Å². The van der Waals surface area contributed by atoms with E-state index in [0.717, 1.165) is 31.9 Å².